The Morgan fingerprint density at radius 3 is 2.43 bits per heavy atom. The summed E-state index contributed by atoms with van der Waals surface area (Å²) in [6.07, 6.45) is 2.10. The Morgan fingerprint density at radius 1 is 1.22 bits per heavy atom. The van der Waals surface area contributed by atoms with Crippen LogP contribution >= 0.6 is 0 Å². The van der Waals surface area contributed by atoms with Gasteiger partial charge in [-0.05, 0) is 30.7 Å². The van der Waals surface area contributed by atoms with Gasteiger partial charge in [0.25, 0.3) is 0 Å². The predicted octanol–water partition coefficient (Wildman–Crippen LogP) is 2.18. The molecule has 1 aromatic carbocycles. The highest BCUT2D eigenvalue weighted by Gasteiger charge is 2.16. The topological polar surface area (TPSA) is 74.7 Å². The van der Waals surface area contributed by atoms with E-state index >= 15 is 0 Å². The second-order valence-corrected chi connectivity index (χ2v) is 10.0. The molecule has 0 amide bonds. The van der Waals surface area contributed by atoms with E-state index in [9.17, 15) is 13.2 Å². The second kappa shape index (κ2) is 9.72. The Morgan fingerprint density at radius 2 is 1.87 bits per heavy atom. The summed E-state index contributed by atoms with van der Waals surface area (Å²) in [4.78, 5) is 12.8. The summed E-state index contributed by atoms with van der Waals surface area (Å²) in [5, 5.41) is 8.61. The molecule has 0 fully saturated rings. The normalized spacial score (nSPS) is 11.9. The largest absolute Gasteiger partial charge is 0.481 e. The van der Waals surface area contributed by atoms with E-state index in [0.717, 1.165) is 12.2 Å². The molecule has 0 aliphatic carbocycles. The van der Waals surface area contributed by atoms with Crippen molar-refractivity contribution in [2.45, 2.75) is 43.2 Å². The zero-order valence-corrected chi connectivity index (χ0v) is 16.2. The van der Waals surface area contributed by atoms with Gasteiger partial charge in [-0.3, -0.25) is 4.79 Å². The molecule has 0 aliphatic rings. The first-order valence-corrected chi connectivity index (χ1v) is 11.8. The van der Waals surface area contributed by atoms with Crippen LogP contribution in [0.5, 0.6) is 0 Å². The molecule has 1 aromatic rings. The van der Waals surface area contributed by atoms with Crippen molar-refractivity contribution >= 4 is 31.0 Å². The summed E-state index contributed by atoms with van der Waals surface area (Å²) >= 11 is 0. The lowest BCUT2D eigenvalue weighted by Gasteiger charge is -2.19. The minimum absolute atomic E-state index is 0.0967. The number of benzene rings is 1. The zero-order chi connectivity index (χ0) is 17.3. The van der Waals surface area contributed by atoms with Gasteiger partial charge in [0.15, 0.2) is 9.84 Å². The first-order chi connectivity index (χ1) is 10.9. The third-order valence-electron chi connectivity index (χ3n) is 3.82. The second-order valence-electron chi connectivity index (χ2n) is 5.79. The van der Waals surface area contributed by atoms with E-state index in [1.54, 1.807) is 24.3 Å². The fraction of sp³-hybridized carbons (Fsp3) is 0.562. The molecular formula is C16H27NO4SSi. The maximum Gasteiger partial charge on any atom is 0.304 e. The molecule has 0 saturated carbocycles. The number of nitrogens with zero attached hydrogens (tertiary/aromatic N) is 1. The molecule has 5 nitrogen and oxygen atoms in total. The summed E-state index contributed by atoms with van der Waals surface area (Å²) in [5.74, 6) is -1.46. The Kier molecular flexibility index (Phi) is 8.33. The van der Waals surface area contributed by atoms with Gasteiger partial charge in [0, 0.05) is 28.8 Å². The maximum atomic E-state index is 12.0. The first-order valence-electron chi connectivity index (χ1n) is 8.12. The molecular weight excluding hydrogens is 330 g/mol. The molecule has 1 rings (SSSR count). The monoisotopic (exact) mass is 357 g/mol. The van der Waals surface area contributed by atoms with Gasteiger partial charge in [-0.25, -0.2) is 8.42 Å². The molecule has 23 heavy (non-hydrogen) atoms. The van der Waals surface area contributed by atoms with Crippen LogP contribution in [-0.4, -0.2) is 48.4 Å². The lowest BCUT2D eigenvalue weighted by atomic mass is 10.3. The fourth-order valence-corrected chi connectivity index (χ4v) is 4.99. The van der Waals surface area contributed by atoms with E-state index in [0.29, 0.717) is 0 Å². The first kappa shape index (κ1) is 19.7. The Balaban J connectivity index is 2.56. The predicted molar refractivity (Wildman–Crippen MR) is 97.1 cm³/mol. The van der Waals surface area contributed by atoms with Crippen LogP contribution in [0.4, 0.5) is 5.69 Å². The van der Waals surface area contributed by atoms with Gasteiger partial charge in [-0.1, -0.05) is 25.4 Å². The zero-order valence-electron chi connectivity index (χ0n) is 14.0. The van der Waals surface area contributed by atoms with Crippen LogP contribution in [0.15, 0.2) is 29.2 Å². The van der Waals surface area contributed by atoms with Crippen molar-refractivity contribution in [3.8, 4) is 0 Å². The number of aliphatic carboxylic acids is 1. The summed E-state index contributed by atoms with van der Waals surface area (Å²) in [6.45, 7) is 3.20. The van der Waals surface area contributed by atoms with Gasteiger partial charge in [-0.15, -0.1) is 0 Å². The van der Waals surface area contributed by atoms with Crippen LogP contribution in [-0.2, 0) is 14.6 Å². The third kappa shape index (κ3) is 7.17. The minimum Gasteiger partial charge on any atom is -0.481 e. The molecule has 0 aromatic heterocycles. The Hall–Kier alpha value is -1.34. The number of carboxylic acid groups (broad SMARTS) is 1. The van der Waals surface area contributed by atoms with Crippen molar-refractivity contribution in [2.24, 2.45) is 0 Å². The summed E-state index contributed by atoms with van der Waals surface area (Å²) in [6, 6.07) is 9.46. The molecule has 0 aliphatic heterocycles. The number of sulfone groups is 1. The molecule has 0 unspecified atom stereocenters. The van der Waals surface area contributed by atoms with Crippen LogP contribution in [0, 0.1) is 0 Å². The van der Waals surface area contributed by atoms with E-state index in [1.165, 1.54) is 24.9 Å². The molecule has 0 radical (unpaired) electrons. The van der Waals surface area contributed by atoms with Crippen molar-refractivity contribution in [1.82, 2.24) is 0 Å². The van der Waals surface area contributed by atoms with E-state index < -0.39 is 15.8 Å². The standard InChI is InChI=1S/C16H27NO4SSi/c1-3-12-23-13-4-10-17(2)14-5-7-15(8-6-14)22(20,21)11-9-16(18)19/h5-8H,3-4,9-13,23H2,1-2H3,(H,18,19). The Bertz CT molecular complexity index is 587. The molecule has 130 valence electrons. The van der Waals surface area contributed by atoms with Gasteiger partial charge in [0.1, 0.15) is 0 Å². The number of rotatable bonds is 11. The van der Waals surface area contributed by atoms with E-state index in [4.69, 9.17) is 5.11 Å². The van der Waals surface area contributed by atoms with Crippen LogP contribution in [0.2, 0.25) is 12.1 Å². The molecule has 0 saturated heterocycles. The molecule has 0 spiro atoms. The van der Waals surface area contributed by atoms with E-state index in [1.807, 2.05) is 7.05 Å². The van der Waals surface area contributed by atoms with Crippen molar-refractivity contribution in [1.29, 1.82) is 0 Å². The number of carbonyl (C=O) groups is 1. The van der Waals surface area contributed by atoms with Gasteiger partial charge >= 0.3 is 5.97 Å². The van der Waals surface area contributed by atoms with Crippen molar-refractivity contribution in [2.75, 3.05) is 24.2 Å². The van der Waals surface area contributed by atoms with Crippen LogP contribution < -0.4 is 4.90 Å². The minimum atomic E-state index is -3.52. The summed E-state index contributed by atoms with van der Waals surface area (Å²) < 4.78 is 24.0. The molecule has 0 atom stereocenters. The van der Waals surface area contributed by atoms with Gasteiger partial charge < -0.3 is 10.0 Å². The average Bonchev–Trinajstić information content (AvgIpc) is 2.53. The van der Waals surface area contributed by atoms with E-state index in [-0.39, 0.29) is 26.6 Å². The van der Waals surface area contributed by atoms with Crippen molar-refractivity contribution in [3.63, 3.8) is 0 Å². The van der Waals surface area contributed by atoms with Crippen molar-refractivity contribution in [3.05, 3.63) is 24.3 Å². The van der Waals surface area contributed by atoms with Gasteiger partial charge in [0.2, 0.25) is 0 Å². The summed E-state index contributed by atoms with van der Waals surface area (Å²) in [5.41, 5.74) is 0.986. The maximum absolute atomic E-state index is 12.0. The average molecular weight is 358 g/mol. The highest BCUT2D eigenvalue weighted by atomic mass is 32.2. The molecule has 0 heterocycles. The fourth-order valence-electron chi connectivity index (χ4n) is 2.33. The highest BCUT2D eigenvalue weighted by molar-refractivity contribution is 7.91. The number of hydrogen-bond donors (Lipinski definition) is 1. The quantitative estimate of drug-likeness (QED) is 0.485. The van der Waals surface area contributed by atoms with Crippen molar-refractivity contribution < 1.29 is 18.3 Å². The number of hydrogen-bond acceptors (Lipinski definition) is 4. The SMILES string of the molecule is CCC[SiH2]CCCN(C)c1ccc(S(=O)(=O)CCC(=O)O)cc1. The third-order valence-corrected chi connectivity index (χ3v) is 7.76. The summed E-state index contributed by atoms with van der Waals surface area (Å²) in [7, 11) is -1.41. The van der Waals surface area contributed by atoms with Gasteiger partial charge in [0.05, 0.1) is 17.1 Å². The molecule has 7 heteroatoms. The van der Waals surface area contributed by atoms with E-state index in [2.05, 4.69) is 11.8 Å². The Labute approximate surface area is 141 Å². The number of carboxylic acids is 1. The lowest BCUT2D eigenvalue weighted by molar-refractivity contribution is -0.136. The number of anilines is 1. The van der Waals surface area contributed by atoms with Crippen LogP contribution in [0.3, 0.4) is 0 Å². The highest BCUT2D eigenvalue weighted by Crippen LogP contribution is 2.19. The van der Waals surface area contributed by atoms with Crippen LogP contribution in [0.1, 0.15) is 26.2 Å². The van der Waals surface area contributed by atoms with Crippen LogP contribution in [0.25, 0.3) is 0 Å². The van der Waals surface area contributed by atoms with Gasteiger partial charge in [-0.2, -0.15) is 0 Å². The molecule has 0 bridgehead atoms. The lowest BCUT2D eigenvalue weighted by Crippen LogP contribution is -2.19. The smallest absolute Gasteiger partial charge is 0.304 e. The molecule has 1 N–H and O–H groups in total.